The third-order valence-electron chi connectivity index (χ3n) is 5.63. The Hall–Kier alpha value is 0.319. The molecule has 0 aliphatic carbocycles. The summed E-state index contributed by atoms with van der Waals surface area (Å²) in [7, 11) is 0. The summed E-state index contributed by atoms with van der Waals surface area (Å²) in [6.45, 7) is 11.3. The van der Waals surface area contributed by atoms with Gasteiger partial charge in [-0.1, -0.05) is 0 Å². The standard InChI is InChI=1S/C10H14BrN2O.3C4H9.Sn/c1-7(2)3-4-9(14)8-5-12-6-10(11)13-8;3*1-3-4-2;/h6-7,9,14H,3-4H2,1-2H3;3*1,3-4H2,2H3;. The summed E-state index contributed by atoms with van der Waals surface area (Å²) in [6, 6.07) is 0. The summed E-state index contributed by atoms with van der Waals surface area (Å²) < 4.78 is 6.09. The van der Waals surface area contributed by atoms with E-state index in [2.05, 4.69) is 50.5 Å². The van der Waals surface area contributed by atoms with E-state index in [1.165, 1.54) is 55.5 Å². The average molecular weight is 548 g/mol. The second kappa shape index (κ2) is 13.5. The van der Waals surface area contributed by atoms with Crippen LogP contribution in [-0.4, -0.2) is 33.5 Å². The summed E-state index contributed by atoms with van der Waals surface area (Å²) in [5, 5.41) is 11.0. The van der Waals surface area contributed by atoms with Crippen LogP contribution in [0.3, 0.4) is 0 Å². The molecule has 0 spiro atoms. The molecule has 0 aliphatic heterocycles. The van der Waals surface area contributed by atoms with Crippen LogP contribution in [0.4, 0.5) is 0 Å². The van der Waals surface area contributed by atoms with Crippen LogP contribution < -0.4 is 3.71 Å². The monoisotopic (exact) mass is 548 g/mol. The van der Waals surface area contributed by atoms with Gasteiger partial charge >= 0.3 is 181 Å². The van der Waals surface area contributed by atoms with Crippen LogP contribution in [0.1, 0.15) is 97.8 Å². The predicted molar refractivity (Wildman–Crippen MR) is 123 cm³/mol. The van der Waals surface area contributed by atoms with Gasteiger partial charge in [0.25, 0.3) is 0 Å². The number of nitrogens with zero attached hydrogens (tertiary/aromatic N) is 2. The summed E-state index contributed by atoms with van der Waals surface area (Å²) in [5.74, 6) is 0.594. The number of rotatable bonds is 14. The molecule has 0 saturated heterocycles. The molecule has 3 nitrogen and oxygen atoms in total. The number of aliphatic hydroxyl groups is 1. The quantitative estimate of drug-likeness (QED) is 0.262. The first-order valence-corrected chi connectivity index (χ1v) is 19.4. The zero-order valence-corrected chi connectivity index (χ0v) is 22.7. The van der Waals surface area contributed by atoms with Crippen LogP contribution in [0.15, 0.2) is 10.8 Å². The van der Waals surface area contributed by atoms with E-state index < -0.39 is 24.5 Å². The fourth-order valence-corrected chi connectivity index (χ4v) is 20.4. The van der Waals surface area contributed by atoms with Crippen molar-refractivity contribution in [3.05, 3.63) is 16.5 Å². The van der Waals surface area contributed by atoms with Gasteiger partial charge in [0.05, 0.1) is 0 Å². The van der Waals surface area contributed by atoms with E-state index in [4.69, 9.17) is 9.97 Å². The number of halogens is 1. The minimum absolute atomic E-state index is 0.478. The Kier molecular flexibility index (Phi) is 12.7. The van der Waals surface area contributed by atoms with E-state index >= 15 is 0 Å². The molecule has 0 amide bonds. The molecule has 1 unspecified atom stereocenters. The van der Waals surface area contributed by atoms with Gasteiger partial charge in [-0.3, -0.25) is 0 Å². The Morgan fingerprint density at radius 1 is 0.963 bits per heavy atom. The van der Waals surface area contributed by atoms with Crippen molar-refractivity contribution in [2.45, 2.75) is 105 Å². The molecule has 0 aliphatic rings. The van der Waals surface area contributed by atoms with Gasteiger partial charge in [0.15, 0.2) is 0 Å². The number of hydrogen-bond acceptors (Lipinski definition) is 3. The summed E-state index contributed by atoms with van der Waals surface area (Å²) >= 11 is 0.800. The van der Waals surface area contributed by atoms with E-state index in [1.807, 2.05) is 6.20 Å². The summed E-state index contributed by atoms with van der Waals surface area (Å²) in [4.78, 5) is 9.78. The van der Waals surface area contributed by atoms with Crippen molar-refractivity contribution in [3.8, 4) is 0 Å². The van der Waals surface area contributed by atoms with Gasteiger partial charge in [-0.05, 0) is 0 Å². The van der Waals surface area contributed by atoms with Crippen LogP contribution in [0.25, 0.3) is 0 Å². The number of aromatic nitrogens is 2. The van der Waals surface area contributed by atoms with E-state index in [1.54, 1.807) is 0 Å². The molecule has 1 rings (SSSR count). The normalized spacial score (nSPS) is 13.3. The van der Waals surface area contributed by atoms with E-state index in [9.17, 15) is 5.11 Å². The summed E-state index contributed by atoms with van der Waals surface area (Å²) in [5.41, 5.74) is 0.907. The zero-order chi connectivity index (χ0) is 20.3. The van der Waals surface area contributed by atoms with Crippen molar-refractivity contribution in [1.82, 2.24) is 9.97 Å². The molecule has 0 bridgehead atoms. The molecule has 5 heteroatoms. The molecular weight excluding hydrogens is 507 g/mol. The van der Waals surface area contributed by atoms with Crippen molar-refractivity contribution >= 4 is 38.0 Å². The Morgan fingerprint density at radius 3 is 1.93 bits per heavy atom. The SMILES string of the molecule is CCC[CH2][Sn]([CH2]CCC)([CH2]CCC)[c]1ncc(Br)nc1C(O)CCC(C)C. The Labute approximate surface area is 180 Å². The van der Waals surface area contributed by atoms with E-state index in [0.29, 0.717) is 5.92 Å². The maximum absolute atomic E-state index is 11.0. The van der Waals surface area contributed by atoms with Gasteiger partial charge in [0.1, 0.15) is 0 Å². The molecule has 1 aromatic heterocycles. The molecule has 156 valence electrons. The fraction of sp³-hybridized carbons (Fsp3) is 0.818. The van der Waals surface area contributed by atoms with Crippen LogP contribution in [0, 0.1) is 5.92 Å². The third kappa shape index (κ3) is 8.29. The number of aliphatic hydroxyl groups excluding tert-OH is 1. The summed E-state index contributed by atoms with van der Waals surface area (Å²) in [6.07, 6.45) is 10.8. The second-order valence-corrected chi connectivity index (χ2v) is 22.3. The first-order valence-electron chi connectivity index (χ1n) is 11.1. The fourth-order valence-electron chi connectivity index (χ4n) is 3.93. The minimum atomic E-state index is -2.71. The molecule has 0 fully saturated rings. The zero-order valence-electron chi connectivity index (χ0n) is 18.2. The third-order valence-corrected chi connectivity index (χ3v) is 21.2. The second-order valence-electron chi connectivity index (χ2n) is 8.50. The molecular formula is C22H41BrN2OSn. The molecule has 27 heavy (non-hydrogen) atoms. The van der Waals surface area contributed by atoms with Gasteiger partial charge < -0.3 is 0 Å². The van der Waals surface area contributed by atoms with Gasteiger partial charge in [-0.25, -0.2) is 0 Å². The van der Waals surface area contributed by atoms with Crippen molar-refractivity contribution in [1.29, 1.82) is 0 Å². The Morgan fingerprint density at radius 2 is 1.48 bits per heavy atom. The molecule has 0 saturated carbocycles. The molecule has 1 heterocycles. The molecule has 1 N–H and O–H groups in total. The van der Waals surface area contributed by atoms with Gasteiger partial charge in [-0.15, -0.1) is 0 Å². The number of unbranched alkanes of at least 4 members (excludes halogenated alkanes) is 3. The van der Waals surface area contributed by atoms with E-state index in [0.717, 1.165) is 23.1 Å². The Balaban J connectivity index is 3.35. The van der Waals surface area contributed by atoms with Gasteiger partial charge in [-0.2, -0.15) is 0 Å². The van der Waals surface area contributed by atoms with E-state index in [-0.39, 0.29) is 0 Å². The van der Waals surface area contributed by atoms with Crippen LogP contribution in [-0.2, 0) is 0 Å². The Bertz CT molecular complexity index is 517. The van der Waals surface area contributed by atoms with Gasteiger partial charge in [0.2, 0.25) is 0 Å². The first-order chi connectivity index (χ1) is 12.9. The van der Waals surface area contributed by atoms with Crippen LogP contribution in [0.5, 0.6) is 0 Å². The maximum atomic E-state index is 11.0. The van der Waals surface area contributed by atoms with Crippen LogP contribution >= 0.6 is 15.9 Å². The van der Waals surface area contributed by atoms with Crippen molar-refractivity contribution in [2.75, 3.05) is 0 Å². The number of hydrogen-bond donors (Lipinski definition) is 1. The van der Waals surface area contributed by atoms with Crippen molar-refractivity contribution in [2.24, 2.45) is 5.92 Å². The predicted octanol–water partition coefficient (Wildman–Crippen LogP) is 6.76. The topological polar surface area (TPSA) is 46.0 Å². The average Bonchev–Trinajstić information content (AvgIpc) is 2.66. The molecule has 0 aromatic carbocycles. The van der Waals surface area contributed by atoms with Gasteiger partial charge in [0, 0.05) is 0 Å². The van der Waals surface area contributed by atoms with Crippen LogP contribution in [0.2, 0.25) is 13.3 Å². The molecule has 0 radical (unpaired) electrons. The molecule has 1 aromatic rings. The van der Waals surface area contributed by atoms with Crippen molar-refractivity contribution in [3.63, 3.8) is 0 Å². The first kappa shape index (κ1) is 25.4. The molecule has 1 atom stereocenters. The van der Waals surface area contributed by atoms with Crippen molar-refractivity contribution < 1.29 is 5.11 Å².